The van der Waals surface area contributed by atoms with Gasteiger partial charge >= 0.3 is 5.97 Å². The molecule has 6 nitrogen and oxygen atoms in total. The van der Waals surface area contributed by atoms with E-state index in [4.69, 9.17) is 9.15 Å². The zero-order valence-corrected chi connectivity index (χ0v) is 17.2. The molecule has 150 valence electrons. The van der Waals surface area contributed by atoms with Crippen LogP contribution in [0.3, 0.4) is 0 Å². The molecule has 0 bridgehead atoms. The molecule has 0 spiro atoms. The van der Waals surface area contributed by atoms with Gasteiger partial charge in [0.05, 0.1) is 0 Å². The molecule has 0 saturated heterocycles. The molecule has 1 aromatic heterocycles. The quantitative estimate of drug-likeness (QED) is 0.633. The zero-order valence-electron chi connectivity index (χ0n) is 17.2. The van der Waals surface area contributed by atoms with Gasteiger partial charge in [0.2, 0.25) is 5.89 Å². The van der Waals surface area contributed by atoms with Crippen LogP contribution in [0.25, 0.3) is 11.5 Å². The smallest absolute Gasteiger partial charge is 0.361 e. The van der Waals surface area contributed by atoms with Crippen LogP contribution in [0.5, 0.6) is 0 Å². The summed E-state index contributed by atoms with van der Waals surface area (Å²) in [4.78, 5) is 29.3. The molecule has 1 heterocycles. The highest BCUT2D eigenvalue weighted by molar-refractivity contribution is 5.98. The third kappa shape index (κ3) is 4.54. The number of esters is 1. The van der Waals surface area contributed by atoms with Gasteiger partial charge in [0.1, 0.15) is 5.76 Å². The average Bonchev–Trinajstić information content (AvgIpc) is 3.07. The maximum absolute atomic E-state index is 12.5. The highest BCUT2D eigenvalue weighted by atomic mass is 16.5. The van der Waals surface area contributed by atoms with Crippen molar-refractivity contribution < 1.29 is 18.7 Å². The van der Waals surface area contributed by atoms with Crippen molar-refractivity contribution in [2.75, 3.05) is 5.32 Å². The molecule has 1 unspecified atom stereocenters. The summed E-state index contributed by atoms with van der Waals surface area (Å²) in [5.41, 5.74) is 4.57. The Morgan fingerprint density at radius 3 is 2.28 bits per heavy atom. The van der Waals surface area contributed by atoms with E-state index in [1.165, 1.54) is 6.92 Å². The van der Waals surface area contributed by atoms with E-state index in [1.807, 2.05) is 63.2 Å². The number of benzene rings is 2. The van der Waals surface area contributed by atoms with Crippen LogP contribution in [0, 0.1) is 27.7 Å². The Balaban J connectivity index is 1.71. The van der Waals surface area contributed by atoms with Crippen LogP contribution in [0.2, 0.25) is 0 Å². The molecule has 2 aromatic carbocycles. The van der Waals surface area contributed by atoms with Gasteiger partial charge in [-0.1, -0.05) is 35.9 Å². The summed E-state index contributed by atoms with van der Waals surface area (Å²) < 4.78 is 10.9. The van der Waals surface area contributed by atoms with Gasteiger partial charge in [0.25, 0.3) is 5.91 Å². The number of carbonyl (C=O) groups is 2. The third-order valence-corrected chi connectivity index (χ3v) is 4.59. The minimum atomic E-state index is -0.987. The number of nitrogens with zero attached hydrogens (tertiary/aromatic N) is 1. The number of nitrogens with one attached hydrogen (secondary N) is 1. The van der Waals surface area contributed by atoms with E-state index < -0.39 is 18.0 Å². The lowest BCUT2D eigenvalue weighted by molar-refractivity contribution is -0.123. The van der Waals surface area contributed by atoms with Crippen LogP contribution in [0.1, 0.15) is 39.9 Å². The maximum Gasteiger partial charge on any atom is 0.361 e. The fourth-order valence-corrected chi connectivity index (χ4v) is 3.16. The molecule has 0 saturated carbocycles. The molecule has 0 aliphatic heterocycles. The van der Waals surface area contributed by atoms with Gasteiger partial charge in [-0.25, -0.2) is 9.78 Å². The molecule has 0 aliphatic carbocycles. The van der Waals surface area contributed by atoms with Crippen LogP contribution in [-0.2, 0) is 9.53 Å². The highest BCUT2D eigenvalue weighted by Crippen LogP contribution is 2.24. The first-order valence-electron chi connectivity index (χ1n) is 9.38. The highest BCUT2D eigenvalue weighted by Gasteiger charge is 2.25. The molecule has 1 N–H and O–H groups in total. The number of anilines is 1. The Bertz CT molecular complexity index is 1030. The fraction of sp³-hybridized carbons (Fsp3) is 0.261. The second-order valence-electron chi connectivity index (χ2n) is 7.10. The van der Waals surface area contributed by atoms with Crippen LogP contribution >= 0.6 is 0 Å². The first-order chi connectivity index (χ1) is 13.8. The number of oxazole rings is 1. The molecule has 0 aliphatic rings. The van der Waals surface area contributed by atoms with Crippen LogP contribution in [0.15, 0.2) is 46.9 Å². The predicted octanol–water partition coefficient (Wildman–Crippen LogP) is 4.76. The van der Waals surface area contributed by atoms with Crippen LogP contribution in [0.4, 0.5) is 5.69 Å². The number of aryl methyl sites for hydroxylation is 4. The van der Waals surface area contributed by atoms with Crippen molar-refractivity contribution in [3.8, 4) is 11.5 Å². The lowest BCUT2D eigenvalue weighted by atomic mass is 10.0. The number of hydrogen-bond acceptors (Lipinski definition) is 5. The Labute approximate surface area is 169 Å². The van der Waals surface area contributed by atoms with Gasteiger partial charge < -0.3 is 14.5 Å². The van der Waals surface area contributed by atoms with Gasteiger partial charge in [-0.15, -0.1) is 0 Å². The monoisotopic (exact) mass is 392 g/mol. The van der Waals surface area contributed by atoms with E-state index in [0.29, 0.717) is 11.7 Å². The maximum atomic E-state index is 12.5. The van der Waals surface area contributed by atoms with Crippen molar-refractivity contribution in [1.82, 2.24) is 4.98 Å². The lowest BCUT2D eigenvalue weighted by Gasteiger charge is -2.16. The third-order valence-electron chi connectivity index (χ3n) is 4.59. The second kappa shape index (κ2) is 8.31. The summed E-state index contributed by atoms with van der Waals surface area (Å²) in [7, 11) is 0. The topological polar surface area (TPSA) is 81.4 Å². The number of ether oxygens (including phenoxy) is 1. The molecule has 0 fully saturated rings. The number of rotatable bonds is 5. The van der Waals surface area contributed by atoms with Crippen molar-refractivity contribution >= 4 is 17.6 Å². The van der Waals surface area contributed by atoms with Gasteiger partial charge in [-0.2, -0.15) is 0 Å². The molecule has 6 heteroatoms. The summed E-state index contributed by atoms with van der Waals surface area (Å²) in [5.74, 6) is -0.434. The number of hydrogen-bond donors (Lipinski definition) is 1. The standard InChI is InChI=1S/C23H24N2O4/c1-13-11-14(2)19(15(3)12-13)24-21(26)17(5)29-23(27)20-16(4)28-22(25-20)18-9-7-6-8-10-18/h6-12,17H,1-5H3,(H,24,26). The molecule has 0 radical (unpaired) electrons. The molecule has 3 rings (SSSR count). The minimum absolute atomic E-state index is 0.0613. The van der Waals surface area contributed by atoms with Crippen LogP contribution in [-0.4, -0.2) is 23.0 Å². The van der Waals surface area contributed by atoms with Crippen molar-refractivity contribution in [3.63, 3.8) is 0 Å². The molecule has 3 aromatic rings. The van der Waals surface area contributed by atoms with Gasteiger partial charge in [0, 0.05) is 11.3 Å². The van der Waals surface area contributed by atoms with Gasteiger partial charge in [0.15, 0.2) is 11.8 Å². The van der Waals surface area contributed by atoms with Gasteiger partial charge in [-0.3, -0.25) is 4.79 Å². The summed E-state index contributed by atoms with van der Waals surface area (Å²) in [6, 6.07) is 13.2. The fourth-order valence-electron chi connectivity index (χ4n) is 3.16. The zero-order chi connectivity index (χ0) is 21.1. The second-order valence-corrected chi connectivity index (χ2v) is 7.10. The summed E-state index contributed by atoms with van der Waals surface area (Å²) in [6.45, 7) is 9.02. The van der Waals surface area contributed by atoms with Crippen molar-refractivity contribution in [1.29, 1.82) is 0 Å². The summed E-state index contributed by atoms with van der Waals surface area (Å²) in [6.07, 6.45) is -0.987. The number of amides is 1. The molecular formula is C23H24N2O4. The van der Waals surface area contributed by atoms with E-state index in [-0.39, 0.29) is 5.69 Å². The summed E-state index contributed by atoms with van der Waals surface area (Å²) >= 11 is 0. The van der Waals surface area contributed by atoms with E-state index >= 15 is 0 Å². The van der Waals surface area contributed by atoms with E-state index in [1.54, 1.807) is 6.92 Å². The predicted molar refractivity (Wildman–Crippen MR) is 111 cm³/mol. The molecular weight excluding hydrogens is 368 g/mol. The van der Waals surface area contributed by atoms with E-state index in [0.717, 1.165) is 27.9 Å². The normalized spacial score (nSPS) is 11.8. The number of carbonyl (C=O) groups excluding carboxylic acids is 2. The molecule has 29 heavy (non-hydrogen) atoms. The Kier molecular flexibility index (Phi) is 5.82. The van der Waals surface area contributed by atoms with Crippen molar-refractivity contribution in [2.45, 2.75) is 40.7 Å². The largest absolute Gasteiger partial charge is 0.448 e. The first-order valence-corrected chi connectivity index (χ1v) is 9.38. The average molecular weight is 392 g/mol. The number of aromatic nitrogens is 1. The van der Waals surface area contributed by atoms with Crippen LogP contribution < -0.4 is 5.32 Å². The molecule has 1 amide bonds. The Morgan fingerprint density at radius 1 is 1.03 bits per heavy atom. The van der Waals surface area contributed by atoms with Gasteiger partial charge in [-0.05, 0) is 57.9 Å². The van der Waals surface area contributed by atoms with Crippen molar-refractivity contribution in [2.24, 2.45) is 0 Å². The minimum Gasteiger partial charge on any atom is -0.448 e. The Hall–Kier alpha value is -3.41. The lowest BCUT2D eigenvalue weighted by Crippen LogP contribution is -2.30. The first kappa shape index (κ1) is 20.3. The summed E-state index contributed by atoms with van der Waals surface area (Å²) in [5, 5.41) is 2.85. The van der Waals surface area contributed by atoms with E-state index in [9.17, 15) is 9.59 Å². The molecule has 1 atom stereocenters. The van der Waals surface area contributed by atoms with E-state index in [2.05, 4.69) is 10.3 Å². The Morgan fingerprint density at radius 2 is 1.66 bits per heavy atom. The van der Waals surface area contributed by atoms with Crippen molar-refractivity contribution in [3.05, 3.63) is 70.6 Å². The SMILES string of the molecule is Cc1cc(C)c(NC(=O)C(C)OC(=O)c2nc(-c3ccccc3)oc2C)c(C)c1.